The minimum Gasteiger partial charge on any atom is -0.298 e. The number of rotatable bonds is 5. The fourth-order valence-electron chi connectivity index (χ4n) is 1.22. The summed E-state index contributed by atoms with van der Waals surface area (Å²) in [4.78, 5) is 11.1. The molecule has 1 atom stereocenters. The average Bonchev–Trinajstić information content (AvgIpc) is 2.25. The Bertz CT molecular complexity index is 341. The van der Waals surface area contributed by atoms with Crippen molar-refractivity contribution in [3.63, 3.8) is 0 Å². The van der Waals surface area contributed by atoms with Crippen molar-refractivity contribution in [1.29, 1.82) is 0 Å². The van der Waals surface area contributed by atoms with Crippen LogP contribution in [0.1, 0.15) is 23.2 Å². The van der Waals surface area contributed by atoms with Gasteiger partial charge < -0.3 is 0 Å². The SMILES string of the molecule is O=C(CCCBr)[C@@H](Br)c1ccccc1F. The zero-order chi connectivity index (χ0) is 11.3. The molecule has 0 amide bonds. The van der Waals surface area contributed by atoms with Crippen LogP contribution >= 0.6 is 31.9 Å². The molecule has 1 aromatic carbocycles. The van der Waals surface area contributed by atoms with Crippen molar-refractivity contribution in [2.45, 2.75) is 17.7 Å². The molecule has 0 aliphatic heterocycles. The molecule has 0 N–H and O–H groups in total. The zero-order valence-corrected chi connectivity index (χ0v) is 11.2. The molecule has 0 saturated heterocycles. The molecule has 4 heteroatoms. The molecule has 0 fully saturated rings. The van der Waals surface area contributed by atoms with Gasteiger partial charge in [-0.3, -0.25) is 4.79 Å². The van der Waals surface area contributed by atoms with Crippen LogP contribution in [-0.4, -0.2) is 11.1 Å². The van der Waals surface area contributed by atoms with Gasteiger partial charge in [0.1, 0.15) is 10.6 Å². The van der Waals surface area contributed by atoms with E-state index in [-0.39, 0.29) is 11.6 Å². The Morgan fingerprint density at radius 2 is 2.07 bits per heavy atom. The van der Waals surface area contributed by atoms with Crippen LogP contribution in [0.15, 0.2) is 24.3 Å². The molecule has 0 saturated carbocycles. The van der Waals surface area contributed by atoms with Crippen molar-refractivity contribution < 1.29 is 9.18 Å². The highest BCUT2D eigenvalue weighted by Crippen LogP contribution is 2.27. The number of halogens is 3. The molecule has 82 valence electrons. The second-order valence-corrected chi connectivity index (χ2v) is 4.85. The predicted molar refractivity (Wildman–Crippen MR) is 66.1 cm³/mol. The highest BCUT2D eigenvalue weighted by atomic mass is 79.9. The van der Waals surface area contributed by atoms with Crippen LogP contribution in [0.25, 0.3) is 0 Å². The Balaban J connectivity index is 2.72. The van der Waals surface area contributed by atoms with Crippen molar-refractivity contribution in [3.05, 3.63) is 35.6 Å². The molecular weight excluding hydrogens is 327 g/mol. The van der Waals surface area contributed by atoms with E-state index in [4.69, 9.17) is 0 Å². The number of hydrogen-bond donors (Lipinski definition) is 0. The van der Waals surface area contributed by atoms with Gasteiger partial charge in [-0.2, -0.15) is 0 Å². The van der Waals surface area contributed by atoms with E-state index in [2.05, 4.69) is 31.9 Å². The topological polar surface area (TPSA) is 17.1 Å². The molecule has 15 heavy (non-hydrogen) atoms. The van der Waals surface area contributed by atoms with E-state index < -0.39 is 4.83 Å². The van der Waals surface area contributed by atoms with Gasteiger partial charge in [0.25, 0.3) is 0 Å². The number of benzene rings is 1. The smallest absolute Gasteiger partial charge is 0.151 e. The number of ketones is 1. The molecule has 0 aliphatic rings. The first-order valence-corrected chi connectivity index (χ1v) is 6.67. The van der Waals surface area contributed by atoms with Gasteiger partial charge in [-0.05, 0) is 12.5 Å². The summed E-state index contributed by atoms with van der Waals surface area (Å²) in [6.07, 6.45) is 1.23. The molecular formula is C11H11Br2FO. The van der Waals surface area contributed by atoms with Gasteiger partial charge in [0.05, 0.1) is 0 Å². The van der Waals surface area contributed by atoms with E-state index in [1.807, 2.05) is 0 Å². The molecule has 1 rings (SSSR count). The summed E-state index contributed by atoms with van der Waals surface area (Å²) < 4.78 is 13.3. The van der Waals surface area contributed by atoms with Gasteiger partial charge in [0.2, 0.25) is 0 Å². The molecule has 0 spiro atoms. The third-order valence-corrected chi connectivity index (χ3v) is 3.58. The van der Waals surface area contributed by atoms with Gasteiger partial charge in [0.15, 0.2) is 5.78 Å². The first kappa shape index (κ1) is 12.8. The Morgan fingerprint density at radius 1 is 1.40 bits per heavy atom. The third kappa shape index (κ3) is 3.68. The highest BCUT2D eigenvalue weighted by Gasteiger charge is 2.19. The Kier molecular flexibility index (Phi) is 5.47. The lowest BCUT2D eigenvalue weighted by atomic mass is 10.1. The minimum absolute atomic E-state index is 0.0135. The fourth-order valence-corrected chi connectivity index (χ4v) is 2.10. The van der Waals surface area contributed by atoms with Crippen LogP contribution in [0.3, 0.4) is 0 Å². The van der Waals surface area contributed by atoms with E-state index in [0.29, 0.717) is 12.0 Å². The zero-order valence-electron chi connectivity index (χ0n) is 8.05. The summed E-state index contributed by atoms with van der Waals surface area (Å²) in [6, 6.07) is 6.33. The molecule has 0 unspecified atom stereocenters. The lowest BCUT2D eigenvalue weighted by molar-refractivity contribution is -0.118. The maximum atomic E-state index is 13.3. The largest absolute Gasteiger partial charge is 0.298 e. The van der Waals surface area contributed by atoms with Crippen molar-refractivity contribution >= 4 is 37.6 Å². The van der Waals surface area contributed by atoms with E-state index in [1.54, 1.807) is 18.2 Å². The van der Waals surface area contributed by atoms with Gasteiger partial charge in [-0.1, -0.05) is 50.1 Å². The van der Waals surface area contributed by atoms with Gasteiger partial charge in [-0.25, -0.2) is 4.39 Å². The third-order valence-electron chi connectivity index (χ3n) is 2.02. The Morgan fingerprint density at radius 3 is 2.67 bits per heavy atom. The van der Waals surface area contributed by atoms with Gasteiger partial charge >= 0.3 is 0 Å². The molecule has 0 bridgehead atoms. The minimum atomic E-state index is -0.530. The standard InChI is InChI=1S/C11H11Br2FO/c12-7-3-6-10(15)11(13)8-4-1-2-5-9(8)14/h1-2,4-5,11H,3,6-7H2/t11-/m0/s1. The van der Waals surface area contributed by atoms with Gasteiger partial charge in [0, 0.05) is 17.3 Å². The Labute approximate surface area is 105 Å². The van der Waals surface area contributed by atoms with Crippen molar-refractivity contribution in [2.24, 2.45) is 0 Å². The maximum Gasteiger partial charge on any atom is 0.151 e. The molecule has 0 aliphatic carbocycles. The molecule has 1 aromatic rings. The lowest BCUT2D eigenvalue weighted by Gasteiger charge is -2.09. The normalized spacial score (nSPS) is 12.5. The highest BCUT2D eigenvalue weighted by molar-refractivity contribution is 9.09. The van der Waals surface area contributed by atoms with Crippen LogP contribution in [-0.2, 0) is 4.79 Å². The summed E-state index contributed by atoms with van der Waals surface area (Å²) in [5, 5.41) is 0.787. The second-order valence-electron chi connectivity index (χ2n) is 3.14. The van der Waals surface area contributed by atoms with E-state index in [0.717, 1.165) is 11.8 Å². The number of Topliss-reactive ketones (excluding diaryl/α,β-unsaturated/α-hetero) is 1. The lowest BCUT2D eigenvalue weighted by Crippen LogP contribution is -2.08. The molecule has 0 aromatic heterocycles. The number of carbonyl (C=O) groups is 1. The quantitative estimate of drug-likeness (QED) is 0.742. The molecule has 0 radical (unpaired) electrons. The second kappa shape index (κ2) is 6.38. The first-order chi connectivity index (χ1) is 7.16. The predicted octanol–water partition coefficient (Wildman–Crippen LogP) is 4.01. The van der Waals surface area contributed by atoms with E-state index >= 15 is 0 Å². The summed E-state index contributed by atoms with van der Waals surface area (Å²) in [5.74, 6) is -0.328. The number of carbonyl (C=O) groups excluding carboxylic acids is 1. The Hall–Kier alpha value is -0.220. The van der Waals surface area contributed by atoms with E-state index in [1.165, 1.54) is 6.07 Å². The van der Waals surface area contributed by atoms with Gasteiger partial charge in [-0.15, -0.1) is 0 Å². The van der Waals surface area contributed by atoms with Crippen molar-refractivity contribution in [1.82, 2.24) is 0 Å². The fraction of sp³-hybridized carbons (Fsp3) is 0.364. The monoisotopic (exact) mass is 336 g/mol. The van der Waals surface area contributed by atoms with Crippen molar-refractivity contribution in [3.8, 4) is 0 Å². The number of hydrogen-bond acceptors (Lipinski definition) is 1. The maximum absolute atomic E-state index is 13.3. The number of alkyl halides is 2. The van der Waals surface area contributed by atoms with Crippen LogP contribution < -0.4 is 0 Å². The van der Waals surface area contributed by atoms with Crippen LogP contribution in [0, 0.1) is 5.82 Å². The van der Waals surface area contributed by atoms with Crippen LogP contribution in [0.5, 0.6) is 0 Å². The summed E-state index contributed by atoms with van der Waals surface area (Å²) in [6.45, 7) is 0. The summed E-state index contributed by atoms with van der Waals surface area (Å²) >= 11 is 6.48. The van der Waals surface area contributed by atoms with E-state index in [9.17, 15) is 9.18 Å². The molecule has 0 heterocycles. The first-order valence-electron chi connectivity index (χ1n) is 4.64. The summed E-state index contributed by atoms with van der Waals surface area (Å²) in [5.41, 5.74) is 0.414. The average molecular weight is 338 g/mol. The molecule has 1 nitrogen and oxygen atoms in total. The van der Waals surface area contributed by atoms with Crippen LogP contribution in [0.2, 0.25) is 0 Å². The summed E-state index contributed by atoms with van der Waals surface area (Å²) in [7, 11) is 0. The van der Waals surface area contributed by atoms with Crippen LogP contribution in [0.4, 0.5) is 4.39 Å². The van der Waals surface area contributed by atoms with Crippen molar-refractivity contribution in [2.75, 3.05) is 5.33 Å².